The molecule has 0 spiro atoms. The van der Waals surface area contributed by atoms with Crippen LogP contribution in [-0.4, -0.2) is 17.6 Å². The first-order valence-corrected chi connectivity index (χ1v) is 7.02. The van der Waals surface area contributed by atoms with Crippen molar-refractivity contribution < 1.29 is 9.53 Å². The van der Waals surface area contributed by atoms with Gasteiger partial charge in [-0.25, -0.2) is 0 Å². The number of esters is 1. The molecular weight excluding hydrogens is 274 g/mol. The number of ether oxygens (including phenoxy) is 1. The number of hydrogen-bond donors (Lipinski definition) is 0. The summed E-state index contributed by atoms with van der Waals surface area (Å²) in [5.74, 6) is -0.325. The molecule has 0 amide bonds. The number of para-hydroxylation sites is 1. The molecule has 0 aliphatic rings. The largest absolute Gasteiger partial charge is 0.468 e. The number of benzene rings is 1. The van der Waals surface area contributed by atoms with Crippen molar-refractivity contribution in [1.29, 1.82) is 0 Å². The Labute approximate surface area is 119 Å². The number of methoxy groups -OCH3 is 1. The molecule has 0 atom stereocenters. The summed E-state index contributed by atoms with van der Waals surface area (Å²) in [5, 5.41) is 2.09. The zero-order valence-electron chi connectivity index (χ0n) is 11.2. The van der Waals surface area contributed by atoms with Crippen molar-refractivity contribution in [3.63, 3.8) is 0 Å². The second-order valence-corrected chi connectivity index (χ2v) is 5.60. The number of hydrogen-bond acceptors (Lipinski definition) is 4. The Bertz CT molecular complexity index is 876. The van der Waals surface area contributed by atoms with Crippen LogP contribution >= 0.6 is 11.3 Å². The van der Waals surface area contributed by atoms with Gasteiger partial charge in [0, 0.05) is 10.8 Å². The molecule has 0 aliphatic carbocycles. The first-order chi connectivity index (χ1) is 9.61. The fourth-order valence-electron chi connectivity index (χ4n) is 2.49. The molecule has 0 saturated heterocycles. The number of aryl methyl sites for hydroxylation is 1. The molecule has 0 bridgehead atoms. The second kappa shape index (κ2) is 4.76. The number of carbonyl (C=O) groups is 1. The fraction of sp³-hybridized carbons (Fsp3) is 0.200. The molecule has 3 rings (SSSR count). The number of rotatable bonds is 2. The second-order valence-electron chi connectivity index (χ2n) is 4.61. The topological polar surface area (TPSA) is 48.3 Å². The van der Waals surface area contributed by atoms with Crippen LogP contribution in [0, 0.1) is 6.92 Å². The average Bonchev–Trinajstić information content (AvgIpc) is 2.73. The van der Waals surface area contributed by atoms with E-state index in [1.54, 1.807) is 6.07 Å². The normalized spacial score (nSPS) is 11.1. The summed E-state index contributed by atoms with van der Waals surface area (Å²) < 4.78 is 6.60. The van der Waals surface area contributed by atoms with Gasteiger partial charge in [-0.3, -0.25) is 9.59 Å². The van der Waals surface area contributed by atoms with E-state index in [-0.39, 0.29) is 17.3 Å². The van der Waals surface area contributed by atoms with E-state index in [9.17, 15) is 9.59 Å². The maximum atomic E-state index is 11.8. The molecule has 2 heterocycles. The summed E-state index contributed by atoms with van der Waals surface area (Å²) in [5.41, 5.74) is 1.88. The Hall–Kier alpha value is -2.14. The fourth-order valence-corrected chi connectivity index (χ4v) is 3.56. The van der Waals surface area contributed by atoms with Crippen molar-refractivity contribution >= 4 is 38.4 Å². The van der Waals surface area contributed by atoms with Gasteiger partial charge in [0.25, 0.3) is 0 Å². The first-order valence-electron chi connectivity index (χ1n) is 6.20. The monoisotopic (exact) mass is 287 g/mol. The van der Waals surface area contributed by atoms with E-state index in [2.05, 4.69) is 0 Å². The minimum atomic E-state index is -0.325. The summed E-state index contributed by atoms with van der Waals surface area (Å²) in [6.07, 6.45) is 0. The van der Waals surface area contributed by atoms with Crippen molar-refractivity contribution in [2.75, 3.05) is 7.11 Å². The Morgan fingerprint density at radius 2 is 2.10 bits per heavy atom. The molecular formula is C15H13NO3S. The quantitative estimate of drug-likeness (QED) is 0.681. The number of carbonyl (C=O) groups excluding carboxylic acids is 1. The van der Waals surface area contributed by atoms with Crippen LogP contribution < -0.4 is 4.74 Å². The molecule has 2 aromatic heterocycles. The lowest BCUT2D eigenvalue weighted by Crippen LogP contribution is -2.11. The lowest BCUT2D eigenvalue weighted by Gasteiger charge is -2.04. The molecule has 20 heavy (non-hydrogen) atoms. The maximum Gasteiger partial charge on any atom is 0.325 e. The Morgan fingerprint density at radius 3 is 2.85 bits per heavy atom. The van der Waals surface area contributed by atoms with Crippen LogP contribution in [0.3, 0.4) is 0 Å². The van der Waals surface area contributed by atoms with Gasteiger partial charge >= 0.3 is 5.97 Å². The molecule has 102 valence electrons. The summed E-state index contributed by atoms with van der Waals surface area (Å²) in [7, 11) is 1.37. The van der Waals surface area contributed by atoms with E-state index in [0.29, 0.717) is 0 Å². The first kappa shape index (κ1) is 12.9. The van der Waals surface area contributed by atoms with Gasteiger partial charge in [0.15, 0.2) is 0 Å². The molecule has 1 aromatic carbocycles. The highest BCUT2D eigenvalue weighted by molar-refractivity contribution is 7.16. The highest BCUT2D eigenvalue weighted by Gasteiger charge is 2.15. The SMILES string of the molecule is COC(=O)Cn1c2ccccc2c2c(C)cc(=O)sc21. The summed E-state index contributed by atoms with van der Waals surface area (Å²) >= 11 is 1.16. The smallest absolute Gasteiger partial charge is 0.325 e. The van der Waals surface area contributed by atoms with Gasteiger partial charge in [0.1, 0.15) is 11.4 Å². The predicted octanol–water partition coefficient (Wildman–Crippen LogP) is 2.70. The van der Waals surface area contributed by atoms with Crippen LogP contribution in [0.5, 0.6) is 0 Å². The van der Waals surface area contributed by atoms with Gasteiger partial charge in [-0.2, -0.15) is 0 Å². The van der Waals surface area contributed by atoms with Crippen LogP contribution in [0.25, 0.3) is 21.1 Å². The predicted molar refractivity (Wildman–Crippen MR) is 80.3 cm³/mol. The van der Waals surface area contributed by atoms with Crippen LogP contribution in [0.15, 0.2) is 35.1 Å². The van der Waals surface area contributed by atoms with Crippen LogP contribution in [0.1, 0.15) is 5.56 Å². The highest BCUT2D eigenvalue weighted by atomic mass is 32.1. The van der Waals surface area contributed by atoms with E-state index in [1.165, 1.54) is 7.11 Å². The highest BCUT2D eigenvalue weighted by Crippen LogP contribution is 2.32. The van der Waals surface area contributed by atoms with E-state index in [0.717, 1.165) is 38.0 Å². The molecule has 0 saturated carbocycles. The Kier molecular flexibility index (Phi) is 3.06. The molecule has 3 aromatic rings. The van der Waals surface area contributed by atoms with Gasteiger partial charge in [-0.1, -0.05) is 29.5 Å². The van der Waals surface area contributed by atoms with Crippen molar-refractivity contribution in [3.8, 4) is 0 Å². The lowest BCUT2D eigenvalue weighted by molar-refractivity contribution is -0.141. The lowest BCUT2D eigenvalue weighted by atomic mass is 10.1. The third kappa shape index (κ3) is 1.91. The summed E-state index contributed by atoms with van der Waals surface area (Å²) in [4.78, 5) is 24.2. The van der Waals surface area contributed by atoms with Gasteiger partial charge in [0.2, 0.25) is 4.74 Å². The molecule has 5 heteroatoms. The molecule has 4 nitrogen and oxygen atoms in total. The molecule has 0 unspecified atom stereocenters. The average molecular weight is 287 g/mol. The van der Waals surface area contributed by atoms with Gasteiger partial charge in [-0.15, -0.1) is 0 Å². The van der Waals surface area contributed by atoms with E-state index in [1.807, 2.05) is 35.8 Å². The van der Waals surface area contributed by atoms with Crippen LogP contribution in [0.4, 0.5) is 0 Å². The maximum absolute atomic E-state index is 11.8. The molecule has 0 aliphatic heterocycles. The molecule has 0 N–H and O–H groups in total. The van der Waals surface area contributed by atoms with E-state index in [4.69, 9.17) is 4.74 Å². The minimum absolute atomic E-state index is 0.0103. The van der Waals surface area contributed by atoms with Crippen molar-refractivity contribution in [3.05, 3.63) is 45.4 Å². The van der Waals surface area contributed by atoms with E-state index >= 15 is 0 Å². The van der Waals surface area contributed by atoms with Gasteiger partial charge in [0.05, 0.1) is 12.6 Å². The van der Waals surface area contributed by atoms with Gasteiger partial charge in [-0.05, 0) is 24.6 Å². The Balaban J connectivity index is 2.45. The van der Waals surface area contributed by atoms with Crippen molar-refractivity contribution in [2.45, 2.75) is 13.5 Å². The van der Waals surface area contributed by atoms with Crippen LogP contribution in [-0.2, 0) is 16.1 Å². The third-order valence-corrected chi connectivity index (χ3v) is 4.30. The van der Waals surface area contributed by atoms with E-state index < -0.39 is 0 Å². The Morgan fingerprint density at radius 1 is 1.35 bits per heavy atom. The number of aromatic nitrogens is 1. The molecule has 0 radical (unpaired) electrons. The summed E-state index contributed by atoms with van der Waals surface area (Å²) in [6.45, 7) is 2.03. The van der Waals surface area contributed by atoms with Crippen LogP contribution in [0.2, 0.25) is 0 Å². The third-order valence-electron chi connectivity index (χ3n) is 3.36. The summed E-state index contributed by atoms with van der Waals surface area (Å²) in [6, 6.07) is 9.49. The van der Waals surface area contributed by atoms with Crippen molar-refractivity contribution in [1.82, 2.24) is 4.57 Å². The minimum Gasteiger partial charge on any atom is -0.468 e. The molecule has 0 fully saturated rings. The van der Waals surface area contributed by atoms with Gasteiger partial charge < -0.3 is 9.30 Å². The zero-order valence-corrected chi connectivity index (χ0v) is 12.0. The standard InChI is InChI=1S/C15H13NO3S/c1-9-7-13(18)20-15-14(9)10-5-3-4-6-11(10)16(15)8-12(17)19-2/h3-7H,8H2,1-2H3. The van der Waals surface area contributed by atoms with Crippen molar-refractivity contribution in [2.24, 2.45) is 0 Å². The number of fused-ring (bicyclic) bond motifs is 3. The number of nitrogens with zero attached hydrogens (tertiary/aromatic N) is 1. The zero-order chi connectivity index (χ0) is 14.3.